The van der Waals surface area contributed by atoms with Crippen molar-refractivity contribution >= 4 is 23.1 Å². The maximum Gasteiger partial charge on any atom is 0.266 e. The predicted molar refractivity (Wildman–Crippen MR) is 104 cm³/mol. The number of aromatic hydroxyl groups is 1. The second-order valence-corrected chi connectivity index (χ2v) is 5.86. The van der Waals surface area contributed by atoms with Crippen molar-refractivity contribution in [2.45, 2.75) is 0 Å². The van der Waals surface area contributed by atoms with Gasteiger partial charge < -0.3 is 5.11 Å². The zero-order chi connectivity index (χ0) is 17.9. The molecule has 0 bridgehead atoms. The lowest BCUT2D eigenvalue weighted by Crippen LogP contribution is -2.22. The first kappa shape index (κ1) is 15.8. The van der Waals surface area contributed by atoms with E-state index in [1.165, 1.54) is 0 Å². The average molecular weight is 340 g/mol. The Bertz CT molecular complexity index is 1160. The van der Waals surface area contributed by atoms with Crippen molar-refractivity contribution in [3.63, 3.8) is 0 Å². The van der Waals surface area contributed by atoms with Crippen LogP contribution in [0.3, 0.4) is 0 Å². The second kappa shape index (κ2) is 6.69. The first-order valence-corrected chi connectivity index (χ1v) is 8.27. The summed E-state index contributed by atoms with van der Waals surface area (Å²) in [5.41, 5.74) is 1.92. The lowest BCUT2D eigenvalue weighted by molar-refractivity contribution is 0.474. The van der Waals surface area contributed by atoms with Crippen LogP contribution in [0.5, 0.6) is 5.75 Å². The number of rotatable bonds is 3. The fraction of sp³-hybridized carbons (Fsp3) is 0. The van der Waals surface area contributed by atoms with Gasteiger partial charge in [-0.25, -0.2) is 4.98 Å². The van der Waals surface area contributed by atoms with Gasteiger partial charge in [0.05, 0.1) is 16.6 Å². The van der Waals surface area contributed by atoms with Gasteiger partial charge in [-0.1, -0.05) is 48.5 Å². The van der Waals surface area contributed by atoms with Crippen molar-refractivity contribution in [3.8, 4) is 11.4 Å². The number of benzene rings is 3. The van der Waals surface area contributed by atoms with Gasteiger partial charge in [0.25, 0.3) is 5.56 Å². The Kier molecular flexibility index (Phi) is 4.07. The molecule has 0 atom stereocenters. The van der Waals surface area contributed by atoms with E-state index in [4.69, 9.17) is 0 Å². The highest BCUT2D eigenvalue weighted by Gasteiger charge is 2.10. The average Bonchev–Trinajstić information content (AvgIpc) is 2.68. The van der Waals surface area contributed by atoms with Gasteiger partial charge in [-0.3, -0.25) is 9.36 Å². The van der Waals surface area contributed by atoms with Gasteiger partial charge in [0.2, 0.25) is 0 Å². The van der Waals surface area contributed by atoms with Crippen LogP contribution in [0.25, 0.3) is 28.7 Å². The van der Waals surface area contributed by atoms with Crippen LogP contribution in [0.15, 0.2) is 83.7 Å². The molecule has 4 nitrogen and oxygen atoms in total. The quantitative estimate of drug-likeness (QED) is 0.606. The summed E-state index contributed by atoms with van der Waals surface area (Å²) in [6, 6.07) is 23.7. The van der Waals surface area contributed by atoms with Gasteiger partial charge in [-0.2, -0.15) is 0 Å². The Morgan fingerprint density at radius 1 is 0.808 bits per heavy atom. The van der Waals surface area contributed by atoms with Crippen LogP contribution in [0, 0.1) is 0 Å². The molecule has 1 aromatic heterocycles. The number of fused-ring (bicyclic) bond motifs is 1. The molecule has 4 rings (SSSR count). The summed E-state index contributed by atoms with van der Waals surface area (Å²) in [6.07, 6.45) is 3.50. The molecule has 126 valence electrons. The van der Waals surface area contributed by atoms with Crippen molar-refractivity contribution in [2.75, 3.05) is 0 Å². The second-order valence-electron chi connectivity index (χ2n) is 5.86. The lowest BCUT2D eigenvalue weighted by atomic mass is 10.2. The monoisotopic (exact) mass is 340 g/mol. The van der Waals surface area contributed by atoms with Crippen LogP contribution >= 0.6 is 0 Å². The van der Waals surface area contributed by atoms with E-state index in [2.05, 4.69) is 4.98 Å². The van der Waals surface area contributed by atoms with E-state index in [1.807, 2.05) is 54.6 Å². The van der Waals surface area contributed by atoms with E-state index in [9.17, 15) is 9.90 Å². The fourth-order valence-electron chi connectivity index (χ4n) is 2.88. The van der Waals surface area contributed by atoms with E-state index in [1.54, 1.807) is 41.0 Å². The molecule has 0 saturated heterocycles. The Morgan fingerprint density at radius 3 is 2.31 bits per heavy atom. The number of phenolic OH excluding ortho intramolecular Hbond substituents is 1. The molecule has 0 fully saturated rings. The Balaban J connectivity index is 1.96. The first-order chi connectivity index (χ1) is 12.7. The van der Waals surface area contributed by atoms with Gasteiger partial charge >= 0.3 is 0 Å². The zero-order valence-corrected chi connectivity index (χ0v) is 13.9. The normalized spacial score (nSPS) is 11.2. The van der Waals surface area contributed by atoms with Crippen molar-refractivity contribution in [2.24, 2.45) is 0 Å². The molecule has 3 aromatic carbocycles. The van der Waals surface area contributed by atoms with Crippen LogP contribution in [0.1, 0.15) is 11.4 Å². The van der Waals surface area contributed by atoms with Crippen LogP contribution in [-0.4, -0.2) is 14.7 Å². The zero-order valence-electron chi connectivity index (χ0n) is 13.9. The summed E-state index contributed by atoms with van der Waals surface area (Å²) in [5, 5.41) is 10.5. The van der Waals surface area contributed by atoms with Gasteiger partial charge in [0.15, 0.2) is 0 Å². The number of aromatic nitrogens is 2. The minimum Gasteiger partial charge on any atom is -0.507 e. The molecule has 26 heavy (non-hydrogen) atoms. The van der Waals surface area contributed by atoms with Gasteiger partial charge in [0, 0.05) is 5.56 Å². The third kappa shape index (κ3) is 2.89. The van der Waals surface area contributed by atoms with E-state index >= 15 is 0 Å². The standard InChI is InChI=1S/C22H16N2O2/c25-20-13-7-4-8-16(20)14-15-21-23-19-12-6-5-11-18(19)22(26)24(21)17-9-2-1-3-10-17/h1-15,25H/b15-14+. The van der Waals surface area contributed by atoms with E-state index < -0.39 is 0 Å². The van der Waals surface area contributed by atoms with E-state index in [-0.39, 0.29) is 11.3 Å². The summed E-state index contributed by atoms with van der Waals surface area (Å²) in [7, 11) is 0. The maximum absolute atomic E-state index is 13.1. The van der Waals surface area contributed by atoms with Crippen molar-refractivity contribution < 1.29 is 5.11 Å². The van der Waals surface area contributed by atoms with Gasteiger partial charge in [-0.05, 0) is 42.5 Å². The molecule has 0 spiro atoms. The van der Waals surface area contributed by atoms with Crippen molar-refractivity contribution in [1.29, 1.82) is 0 Å². The molecule has 1 heterocycles. The maximum atomic E-state index is 13.1. The lowest BCUT2D eigenvalue weighted by Gasteiger charge is -2.11. The summed E-state index contributed by atoms with van der Waals surface area (Å²) in [4.78, 5) is 17.7. The molecule has 4 heteroatoms. The molecule has 0 aliphatic carbocycles. The van der Waals surface area contributed by atoms with Crippen molar-refractivity contribution in [1.82, 2.24) is 9.55 Å². The van der Waals surface area contributed by atoms with E-state index in [0.29, 0.717) is 22.3 Å². The molecule has 0 saturated carbocycles. The predicted octanol–water partition coefficient (Wildman–Crippen LogP) is 4.26. The molecule has 0 radical (unpaired) electrons. The van der Waals surface area contributed by atoms with Gasteiger partial charge in [-0.15, -0.1) is 0 Å². The summed E-state index contributed by atoms with van der Waals surface area (Å²) in [6.45, 7) is 0. The number of para-hydroxylation sites is 3. The van der Waals surface area contributed by atoms with Crippen LogP contribution < -0.4 is 5.56 Å². The Labute approximate surface area is 150 Å². The highest BCUT2D eigenvalue weighted by Crippen LogP contribution is 2.19. The molecule has 1 N–H and O–H groups in total. The Hall–Kier alpha value is -3.66. The molecule has 0 amide bonds. The minimum atomic E-state index is -0.126. The summed E-state index contributed by atoms with van der Waals surface area (Å²) in [5.74, 6) is 0.682. The highest BCUT2D eigenvalue weighted by atomic mass is 16.3. The van der Waals surface area contributed by atoms with E-state index in [0.717, 1.165) is 5.69 Å². The smallest absolute Gasteiger partial charge is 0.266 e. The van der Waals surface area contributed by atoms with Crippen LogP contribution in [0.2, 0.25) is 0 Å². The molecule has 0 unspecified atom stereocenters. The number of phenols is 1. The minimum absolute atomic E-state index is 0.126. The molecule has 4 aromatic rings. The Morgan fingerprint density at radius 2 is 1.50 bits per heavy atom. The van der Waals surface area contributed by atoms with Crippen molar-refractivity contribution in [3.05, 3.63) is 101 Å². The fourth-order valence-corrected chi connectivity index (χ4v) is 2.88. The SMILES string of the molecule is O=c1c2ccccc2nc(/C=C/c2ccccc2O)n1-c1ccccc1. The third-order valence-corrected chi connectivity index (χ3v) is 4.16. The first-order valence-electron chi connectivity index (χ1n) is 8.27. The molecule has 0 aliphatic heterocycles. The topological polar surface area (TPSA) is 55.1 Å². The summed E-state index contributed by atoms with van der Waals surface area (Å²) >= 11 is 0. The molecular formula is C22H16N2O2. The number of hydrogen-bond donors (Lipinski definition) is 1. The number of nitrogens with zero attached hydrogens (tertiary/aromatic N) is 2. The van der Waals surface area contributed by atoms with Crippen LogP contribution in [0.4, 0.5) is 0 Å². The molecular weight excluding hydrogens is 324 g/mol. The van der Waals surface area contributed by atoms with Gasteiger partial charge in [0.1, 0.15) is 11.6 Å². The summed E-state index contributed by atoms with van der Waals surface area (Å²) < 4.78 is 1.58. The third-order valence-electron chi connectivity index (χ3n) is 4.16. The molecule has 0 aliphatic rings. The van der Waals surface area contributed by atoms with Crippen LogP contribution in [-0.2, 0) is 0 Å². The highest BCUT2D eigenvalue weighted by molar-refractivity contribution is 5.80. The number of hydrogen-bond acceptors (Lipinski definition) is 3. The largest absolute Gasteiger partial charge is 0.507 e.